The van der Waals surface area contributed by atoms with Crippen LogP contribution in [0.2, 0.25) is 0 Å². The summed E-state index contributed by atoms with van der Waals surface area (Å²) in [7, 11) is 0. The lowest BCUT2D eigenvalue weighted by Crippen LogP contribution is -2.15. The SMILES string of the molecule is O=C1CCc2[nH]c(=S)ncc2C1. The fraction of sp³-hybridized carbons (Fsp3) is 0.375. The molecule has 0 saturated heterocycles. The van der Waals surface area contributed by atoms with Gasteiger partial charge in [0.2, 0.25) is 0 Å². The summed E-state index contributed by atoms with van der Waals surface area (Å²) in [4.78, 5) is 18.0. The number of nitrogens with one attached hydrogen (secondary N) is 1. The van der Waals surface area contributed by atoms with Gasteiger partial charge in [-0.15, -0.1) is 0 Å². The number of carbonyl (C=O) groups is 1. The number of aromatic nitrogens is 2. The van der Waals surface area contributed by atoms with E-state index in [1.54, 1.807) is 6.20 Å². The van der Waals surface area contributed by atoms with Gasteiger partial charge in [-0.25, -0.2) is 4.98 Å². The summed E-state index contributed by atoms with van der Waals surface area (Å²) < 4.78 is 0.503. The molecule has 1 N–H and O–H groups in total. The smallest absolute Gasteiger partial charge is 0.196 e. The van der Waals surface area contributed by atoms with Crippen LogP contribution >= 0.6 is 12.2 Å². The first-order chi connectivity index (χ1) is 5.75. The van der Waals surface area contributed by atoms with E-state index in [0.29, 0.717) is 17.6 Å². The fourth-order valence-corrected chi connectivity index (χ4v) is 1.57. The van der Waals surface area contributed by atoms with Gasteiger partial charge in [-0.1, -0.05) is 0 Å². The molecule has 12 heavy (non-hydrogen) atoms. The number of nitrogens with zero attached hydrogens (tertiary/aromatic N) is 1. The van der Waals surface area contributed by atoms with Crippen molar-refractivity contribution in [1.82, 2.24) is 9.97 Å². The first-order valence-electron chi connectivity index (χ1n) is 3.84. The van der Waals surface area contributed by atoms with Crippen LogP contribution in [0, 0.1) is 4.77 Å². The van der Waals surface area contributed by atoms with E-state index in [1.165, 1.54) is 0 Å². The van der Waals surface area contributed by atoms with Gasteiger partial charge in [0, 0.05) is 24.7 Å². The molecule has 0 unspecified atom stereocenters. The molecule has 0 spiro atoms. The summed E-state index contributed by atoms with van der Waals surface area (Å²) >= 11 is 4.88. The molecule has 1 aromatic heterocycles. The second-order valence-electron chi connectivity index (χ2n) is 2.91. The van der Waals surface area contributed by atoms with E-state index in [0.717, 1.165) is 17.7 Å². The number of aromatic amines is 1. The Labute approximate surface area is 74.8 Å². The minimum absolute atomic E-state index is 0.287. The lowest BCUT2D eigenvalue weighted by molar-refractivity contribution is -0.118. The number of aryl methyl sites for hydroxylation is 1. The van der Waals surface area contributed by atoms with Crippen molar-refractivity contribution < 1.29 is 4.79 Å². The van der Waals surface area contributed by atoms with E-state index in [4.69, 9.17) is 12.2 Å². The fourth-order valence-electron chi connectivity index (χ4n) is 1.40. The Kier molecular flexibility index (Phi) is 1.77. The average Bonchev–Trinajstić information content (AvgIpc) is 2.05. The standard InChI is InChI=1S/C8H8N2OS/c11-6-1-2-7-5(3-6)4-9-8(12)10-7/h4H,1-3H2,(H,9,10,12). The van der Waals surface area contributed by atoms with Crippen molar-refractivity contribution in [2.24, 2.45) is 0 Å². The highest BCUT2D eigenvalue weighted by molar-refractivity contribution is 7.71. The Balaban J connectivity index is 2.49. The van der Waals surface area contributed by atoms with Crippen LogP contribution in [-0.2, 0) is 17.6 Å². The highest BCUT2D eigenvalue weighted by Crippen LogP contribution is 2.14. The third kappa shape index (κ3) is 1.30. The summed E-state index contributed by atoms with van der Waals surface area (Å²) in [6.07, 6.45) is 3.61. The second kappa shape index (κ2) is 2.79. The maximum absolute atomic E-state index is 11.0. The third-order valence-electron chi connectivity index (χ3n) is 2.02. The molecule has 1 aliphatic rings. The second-order valence-corrected chi connectivity index (χ2v) is 3.29. The summed E-state index contributed by atoms with van der Waals surface area (Å²) in [5.74, 6) is 0.287. The van der Waals surface area contributed by atoms with E-state index >= 15 is 0 Å². The number of Topliss-reactive ketones (excluding diaryl/α,β-unsaturated/α-hetero) is 1. The topological polar surface area (TPSA) is 45.8 Å². The predicted octanol–water partition coefficient (Wildman–Crippen LogP) is 1.20. The monoisotopic (exact) mass is 180 g/mol. The molecule has 62 valence electrons. The molecule has 0 bridgehead atoms. The molecule has 0 aliphatic heterocycles. The number of H-pyrrole nitrogens is 1. The number of hydrogen-bond acceptors (Lipinski definition) is 3. The first kappa shape index (κ1) is 7.61. The number of carbonyl (C=O) groups excluding carboxylic acids is 1. The normalized spacial score (nSPS) is 15.8. The zero-order valence-electron chi connectivity index (χ0n) is 6.46. The van der Waals surface area contributed by atoms with Crippen molar-refractivity contribution in [2.75, 3.05) is 0 Å². The van der Waals surface area contributed by atoms with E-state index in [9.17, 15) is 4.79 Å². The van der Waals surface area contributed by atoms with E-state index < -0.39 is 0 Å². The van der Waals surface area contributed by atoms with Crippen molar-refractivity contribution in [2.45, 2.75) is 19.3 Å². The minimum atomic E-state index is 0.287. The molecule has 0 saturated carbocycles. The van der Waals surface area contributed by atoms with Crippen LogP contribution in [0.4, 0.5) is 0 Å². The van der Waals surface area contributed by atoms with Crippen molar-refractivity contribution in [1.29, 1.82) is 0 Å². The van der Waals surface area contributed by atoms with Crippen LogP contribution in [0.3, 0.4) is 0 Å². The summed E-state index contributed by atoms with van der Waals surface area (Å²) in [5, 5.41) is 0. The molecule has 1 aromatic rings. The van der Waals surface area contributed by atoms with Gasteiger partial charge in [-0.3, -0.25) is 4.79 Å². The van der Waals surface area contributed by atoms with Gasteiger partial charge in [0.25, 0.3) is 0 Å². The molecule has 0 amide bonds. The highest BCUT2D eigenvalue weighted by atomic mass is 32.1. The van der Waals surface area contributed by atoms with Gasteiger partial charge in [0.1, 0.15) is 5.78 Å². The zero-order chi connectivity index (χ0) is 8.55. The third-order valence-corrected chi connectivity index (χ3v) is 2.23. The van der Waals surface area contributed by atoms with Crippen LogP contribution in [0.1, 0.15) is 17.7 Å². The molecular formula is C8H8N2OS. The van der Waals surface area contributed by atoms with E-state index in [-0.39, 0.29) is 5.78 Å². The molecule has 1 heterocycles. The Bertz CT molecular complexity index is 383. The van der Waals surface area contributed by atoms with Crippen LogP contribution in [0.25, 0.3) is 0 Å². The molecule has 0 aromatic carbocycles. The lowest BCUT2D eigenvalue weighted by atomic mass is 9.96. The van der Waals surface area contributed by atoms with Gasteiger partial charge >= 0.3 is 0 Å². The number of hydrogen-bond donors (Lipinski definition) is 1. The Morgan fingerprint density at radius 3 is 3.17 bits per heavy atom. The van der Waals surface area contributed by atoms with Gasteiger partial charge < -0.3 is 4.98 Å². The van der Waals surface area contributed by atoms with Crippen molar-refractivity contribution in [3.8, 4) is 0 Å². The Morgan fingerprint density at radius 2 is 2.33 bits per heavy atom. The van der Waals surface area contributed by atoms with Gasteiger partial charge in [-0.05, 0) is 24.2 Å². The molecule has 0 atom stereocenters. The quantitative estimate of drug-likeness (QED) is 0.610. The van der Waals surface area contributed by atoms with Crippen molar-refractivity contribution in [3.63, 3.8) is 0 Å². The maximum atomic E-state index is 11.0. The van der Waals surface area contributed by atoms with Crippen LogP contribution < -0.4 is 0 Å². The van der Waals surface area contributed by atoms with Crippen molar-refractivity contribution >= 4 is 18.0 Å². The van der Waals surface area contributed by atoms with E-state index in [1.807, 2.05) is 0 Å². The van der Waals surface area contributed by atoms with E-state index in [2.05, 4.69) is 9.97 Å². The molecule has 2 rings (SSSR count). The van der Waals surface area contributed by atoms with Crippen LogP contribution in [0.15, 0.2) is 6.20 Å². The molecular weight excluding hydrogens is 172 g/mol. The number of fused-ring (bicyclic) bond motifs is 1. The van der Waals surface area contributed by atoms with Crippen LogP contribution in [0.5, 0.6) is 0 Å². The number of rotatable bonds is 0. The lowest BCUT2D eigenvalue weighted by Gasteiger charge is -2.12. The summed E-state index contributed by atoms with van der Waals surface area (Å²) in [6.45, 7) is 0. The highest BCUT2D eigenvalue weighted by Gasteiger charge is 2.15. The van der Waals surface area contributed by atoms with Gasteiger partial charge in [0.15, 0.2) is 4.77 Å². The van der Waals surface area contributed by atoms with Gasteiger partial charge in [-0.2, -0.15) is 0 Å². The van der Waals surface area contributed by atoms with Crippen LogP contribution in [-0.4, -0.2) is 15.8 Å². The summed E-state index contributed by atoms with van der Waals surface area (Å²) in [5.41, 5.74) is 2.08. The molecule has 0 fully saturated rings. The molecule has 3 nitrogen and oxygen atoms in total. The van der Waals surface area contributed by atoms with Crippen molar-refractivity contribution in [3.05, 3.63) is 22.2 Å². The zero-order valence-corrected chi connectivity index (χ0v) is 7.28. The average molecular weight is 180 g/mol. The molecule has 0 radical (unpaired) electrons. The van der Waals surface area contributed by atoms with Gasteiger partial charge in [0.05, 0.1) is 0 Å². The number of ketones is 1. The maximum Gasteiger partial charge on any atom is 0.196 e. The Morgan fingerprint density at radius 1 is 1.50 bits per heavy atom. The molecule has 1 aliphatic carbocycles. The summed E-state index contributed by atoms with van der Waals surface area (Å²) in [6, 6.07) is 0. The minimum Gasteiger partial charge on any atom is -0.334 e. The molecule has 4 heteroatoms. The largest absolute Gasteiger partial charge is 0.334 e. The predicted molar refractivity (Wildman–Crippen MR) is 46.5 cm³/mol. The first-order valence-corrected chi connectivity index (χ1v) is 4.25. The Hall–Kier alpha value is -1.03.